The molecule has 134 valence electrons. The number of carbonyl (C=O) groups is 2. The number of hydrogen-bond donors (Lipinski definition) is 2. The molecular weight excluding hydrogens is 327 g/mol. The van der Waals surface area contributed by atoms with Crippen LogP contribution in [0.3, 0.4) is 0 Å². The maximum atomic E-state index is 13.7. The molecule has 2 N–H and O–H groups in total. The topological polar surface area (TPSA) is 92.4 Å². The van der Waals surface area contributed by atoms with Crippen molar-refractivity contribution in [3.63, 3.8) is 0 Å². The molecule has 0 aliphatic rings. The molecule has 2 atom stereocenters. The molecule has 0 aliphatic carbocycles. The van der Waals surface area contributed by atoms with Gasteiger partial charge < -0.3 is 14.8 Å². The van der Waals surface area contributed by atoms with E-state index in [2.05, 4.69) is 10.3 Å². The van der Waals surface area contributed by atoms with Crippen LogP contribution < -0.4 is 5.32 Å². The van der Waals surface area contributed by atoms with E-state index in [0.717, 1.165) is 0 Å². The summed E-state index contributed by atoms with van der Waals surface area (Å²) in [6, 6.07) is 5.25. The van der Waals surface area contributed by atoms with Crippen LogP contribution in [0.1, 0.15) is 32.6 Å². The van der Waals surface area contributed by atoms with Gasteiger partial charge in [-0.1, -0.05) is 32.4 Å². The summed E-state index contributed by atoms with van der Waals surface area (Å²) in [7, 11) is 0. The third-order valence-corrected chi connectivity index (χ3v) is 4.05. The number of oxazole rings is 1. The summed E-state index contributed by atoms with van der Waals surface area (Å²) in [6.07, 6.45) is 2.29. The fourth-order valence-corrected chi connectivity index (χ4v) is 2.36. The second-order valence-electron chi connectivity index (χ2n) is 5.87. The minimum Gasteiger partial charge on any atom is -0.480 e. The van der Waals surface area contributed by atoms with Crippen molar-refractivity contribution in [2.24, 2.45) is 5.92 Å². The average molecular weight is 348 g/mol. The molecular formula is C18H21FN2O4. The van der Waals surface area contributed by atoms with Gasteiger partial charge in [-0.2, -0.15) is 0 Å². The van der Waals surface area contributed by atoms with E-state index in [-0.39, 0.29) is 24.5 Å². The van der Waals surface area contributed by atoms with E-state index in [1.165, 1.54) is 12.3 Å². The number of rotatable bonds is 8. The number of carboxylic acids is 1. The number of carboxylic acid groups (broad SMARTS) is 1. The Bertz CT molecular complexity index is 744. The van der Waals surface area contributed by atoms with Gasteiger partial charge in [-0.3, -0.25) is 4.79 Å². The molecule has 25 heavy (non-hydrogen) atoms. The first-order valence-corrected chi connectivity index (χ1v) is 8.14. The SMILES string of the molecule is CC[C@H](C)[C@H](NC(=O)CCc1ncc(-c2ccccc2F)o1)C(=O)O. The normalized spacial score (nSPS) is 13.2. The predicted octanol–water partition coefficient (Wildman–Crippen LogP) is 3.03. The van der Waals surface area contributed by atoms with Crippen LogP contribution in [0.5, 0.6) is 0 Å². The van der Waals surface area contributed by atoms with E-state index in [1.54, 1.807) is 25.1 Å². The largest absolute Gasteiger partial charge is 0.480 e. The van der Waals surface area contributed by atoms with Gasteiger partial charge in [0.1, 0.15) is 11.9 Å². The van der Waals surface area contributed by atoms with Crippen LogP contribution in [0.4, 0.5) is 4.39 Å². The molecule has 1 aromatic heterocycles. The highest BCUT2D eigenvalue weighted by molar-refractivity contribution is 5.83. The van der Waals surface area contributed by atoms with E-state index >= 15 is 0 Å². The number of aromatic nitrogens is 1. The number of carbonyl (C=O) groups excluding carboxylic acids is 1. The van der Waals surface area contributed by atoms with Gasteiger partial charge in [0.05, 0.1) is 11.8 Å². The minimum absolute atomic E-state index is 0.0391. The molecule has 1 amide bonds. The van der Waals surface area contributed by atoms with Crippen molar-refractivity contribution >= 4 is 11.9 Å². The minimum atomic E-state index is -1.05. The van der Waals surface area contributed by atoms with Crippen molar-refractivity contribution < 1.29 is 23.5 Å². The zero-order valence-electron chi connectivity index (χ0n) is 14.2. The van der Waals surface area contributed by atoms with Gasteiger partial charge in [0, 0.05) is 12.8 Å². The lowest BCUT2D eigenvalue weighted by Gasteiger charge is -2.19. The molecule has 0 fully saturated rings. The predicted molar refractivity (Wildman–Crippen MR) is 89.2 cm³/mol. The lowest BCUT2D eigenvalue weighted by Crippen LogP contribution is -2.45. The molecule has 0 saturated heterocycles. The number of aryl methyl sites for hydroxylation is 1. The molecule has 6 nitrogen and oxygen atoms in total. The third kappa shape index (κ3) is 4.89. The number of nitrogens with zero attached hydrogens (tertiary/aromatic N) is 1. The molecule has 0 saturated carbocycles. The van der Waals surface area contributed by atoms with E-state index in [0.29, 0.717) is 17.9 Å². The lowest BCUT2D eigenvalue weighted by molar-refractivity contribution is -0.143. The van der Waals surface area contributed by atoms with E-state index in [1.807, 2.05) is 6.92 Å². The quantitative estimate of drug-likeness (QED) is 0.765. The second-order valence-corrected chi connectivity index (χ2v) is 5.87. The average Bonchev–Trinajstić information content (AvgIpc) is 3.06. The summed E-state index contributed by atoms with van der Waals surface area (Å²) in [4.78, 5) is 27.2. The highest BCUT2D eigenvalue weighted by Crippen LogP contribution is 2.23. The number of aliphatic carboxylic acids is 1. The third-order valence-electron chi connectivity index (χ3n) is 4.05. The van der Waals surface area contributed by atoms with Crippen LogP contribution in [0.25, 0.3) is 11.3 Å². The molecule has 7 heteroatoms. The molecule has 0 bridgehead atoms. The Morgan fingerprint density at radius 3 is 2.72 bits per heavy atom. The number of benzene rings is 1. The van der Waals surface area contributed by atoms with Crippen molar-refractivity contribution in [1.29, 1.82) is 0 Å². The first-order valence-electron chi connectivity index (χ1n) is 8.14. The van der Waals surface area contributed by atoms with Crippen LogP contribution in [0, 0.1) is 11.7 Å². The maximum absolute atomic E-state index is 13.7. The molecule has 1 heterocycles. The van der Waals surface area contributed by atoms with E-state index in [9.17, 15) is 19.1 Å². The number of halogens is 1. The van der Waals surface area contributed by atoms with Crippen molar-refractivity contribution in [2.75, 3.05) is 0 Å². The first kappa shape index (κ1) is 18.6. The Kier molecular flexibility index (Phi) is 6.27. The zero-order chi connectivity index (χ0) is 18.4. The van der Waals surface area contributed by atoms with Crippen molar-refractivity contribution in [3.8, 4) is 11.3 Å². The number of hydrogen-bond acceptors (Lipinski definition) is 4. The number of amides is 1. The second kappa shape index (κ2) is 8.41. The van der Waals surface area contributed by atoms with Gasteiger partial charge in [-0.05, 0) is 18.1 Å². The molecule has 0 radical (unpaired) electrons. The smallest absolute Gasteiger partial charge is 0.326 e. The van der Waals surface area contributed by atoms with Crippen LogP contribution in [0.2, 0.25) is 0 Å². The molecule has 1 aromatic carbocycles. The lowest BCUT2D eigenvalue weighted by atomic mass is 9.99. The Hall–Kier alpha value is -2.70. The Morgan fingerprint density at radius 2 is 2.08 bits per heavy atom. The van der Waals surface area contributed by atoms with Gasteiger partial charge >= 0.3 is 5.97 Å². The van der Waals surface area contributed by atoms with E-state index < -0.39 is 23.7 Å². The molecule has 0 aliphatic heterocycles. The fraction of sp³-hybridized carbons (Fsp3) is 0.389. The number of nitrogens with one attached hydrogen (secondary N) is 1. The highest BCUT2D eigenvalue weighted by Gasteiger charge is 2.25. The summed E-state index contributed by atoms with van der Waals surface area (Å²) in [5, 5.41) is 11.7. The summed E-state index contributed by atoms with van der Waals surface area (Å²) in [5.41, 5.74) is 0.299. The van der Waals surface area contributed by atoms with Crippen LogP contribution >= 0.6 is 0 Å². The van der Waals surface area contributed by atoms with Crippen LogP contribution in [-0.4, -0.2) is 28.0 Å². The van der Waals surface area contributed by atoms with Gasteiger partial charge in [-0.15, -0.1) is 0 Å². The summed E-state index contributed by atoms with van der Waals surface area (Å²) in [5.74, 6) is -1.45. The van der Waals surface area contributed by atoms with Crippen molar-refractivity contribution in [3.05, 3.63) is 42.2 Å². The molecule has 0 spiro atoms. The summed E-state index contributed by atoms with van der Waals surface area (Å²) < 4.78 is 19.2. The highest BCUT2D eigenvalue weighted by atomic mass is 19.1. The Balaban J connectivity index is 1.94. The summed E-state index contributed by atoms with van der Waals surface area (Å²) in [6.45, 7) is 3.64. The Labute approximate surface area is 145 Å². The molecule has 0 unspecified atom stereocenters. The van der Waals surface area contributed by atoms with Gasteiger partial charge in [-0.25, -0.2) is 14.2 Å². The Morgan fingerprint density at radius 1 is 1.36 bits per heavy atom. The maximum Gasteiger partial charge on any atom is 0.326 e. The van der Waals surface area contributed by atoms with Gasteiger partial charge in [0.2, 0.25) is 5.91 Å². The standard InChI is InChI=1S/C18H21FN2O4/c1-3-11(2)17(18(23)24)21-15(22)8-9-16-20-10-14(25-16)12-6-4-5-7-13(12)19/h4-7,10-11,17H,3,8-9H2,1-2H3,(H,21,22)(H,23,24)/t11-,17-/m0/s1. The monoisotopic (exact) mass is 348 g/mol. The molecule has 2 aromatic rings. The zero-order valence-corrected chi connectivity index (χ0v) is 14.2. The van der Waals surface area contributed by atoms with Crippen molar-refractivity contribution in [1.82, 2.24) is 10.3 Å². The van der Waals surface area contributed by atoms with Gasteiger partial charge in [0.15, 0.2) is 11.7 Å². The van der Waals surface area contributed by atoms with Gasteiger partial charge in [0.25, 0.3) is 0 Å². The van der Waals surface area contributed by atoms with Crippen LogP contribution in [-0.2, 0) is 16.0 Å². The summed E-state index contributed by atoms with van der Waals surface area (Å²) >= 11 is 0. The van der Waals surface area contributed by atoms with Crippen molar-refractivity contribution in [2.45, 2.75) is 39.2 Å². The fourth-order valence-electron chi connectivity index (χ4n) is 2.36. The van der Waals surface area contributed by atoms with E-state index in [4.69, 9.17) is 4.42 Å². The van der Waals surface area contributed by atoms with Crippen LogP contribution in [0.15, 0.2) is 34.9 Å². The molecule has 2 rings (SSSR count). The first-order chi connectivity index (χ1) is 11.9.